The number of hydrogen-bond donors (Lipinski definition) is 0. The summed E-state index contributed by atoms with van der Waals surface area (Å²) in [4.78, 5) is 22.7. The highest BCUT2D eigenvalue weighted by atomic mass is 16.6. The lowest BCUT2D eigenvalue weighted by Gasteiger charge is -2.18. The first-order valence-electron chi connectivity index (χ1n) is 13.6. The van der Waals surface area contributed by atoms with Crippen LogP contribution in [0.25, 0.3) is 0 Å². The van der Waals surface area contributed by atoms with Crippen LogP contribution in [0.4, 0.5) is 0 Å². The molecule has 0 aliphatic rings. The van der Waals surface area contributed by atoms with Crippen LogP contribution in [0.15, 0.2) is 30.4 Å². The Bertz CT molecular complexity index is 666. The normalized spacial score (nSPS) is 11.2. The zero-order valence-electron chi connectivity index (χ0n) is 24.6. The molecular weight excluding hydrogens is 420 g/mol. The third kappa shape index (κ3) is 18.5. The minimum absolute atomic E-state index is 0.165. The Labute approximate surface area is 212 Å². The van der Waals surface area contributed by atoms with Gasteiger partial charge in [-0.25, -0.2) is 0 Å². The number of allylic oxidation sites excluding steroid dienone is 2. The number of carbonyl (C=O) groups excluding carboxylic acids is 2. The monoisotopic (exact) mass is 476 g/mol. The summed E-state index contributed by atoms with van der Waals surface area (Å²) in [5.74, 6) is 0.631. The number of esters is 1. The Morgan fingerprint density at radius 1 is 0.971 bits per heavy atom. The minimum Gasteiger partial charge on any atom is -0.460 e. The molecule has 0 aromatic heterocycles. The van der Waals surface area contributed by atoms with E-state index in [0.717, 1.165) is 18.4 Å². The maximum Gasteiger partial charge on any atom is 0.303 e. The fourth-order valence-electron chi connectivity index (χ4n) is 3.54. The summed E-state index contributed by atoms with van der Waals surface area (Å²) in [7, 11) is 0. The van der Waals surface area contributed by atoms with Gasteiger partial charge in [0.1, 0.15) is 5.60 Å². The van der Waals surface area contributed by atoms with Crippen LogP contribution in [0.2, 0.25) is 0 Å². The van der Waals surface area contributed by atoms with Crippen LogP contribution in [0.3, 0.4) is 0 Å². The van der Waals surface area contributed by atoms with Crippen molar-refractivity contribution < 1.29 is 14.3 Å². The minimum atomic E-state index is -0.328. The van der Waals surface area contributed by atoms with Crippen molar-refractivity contribution in [2.75, 3.05) is 0 Å². The quantitative estimate of drug-likeness (QED) is 0.146. The molecule has 3 heteroatoms. The van der Waals surface area contributed by atoms with E-state index in [4.69, 9.17) is 4.74 Å². The van der Waals surface area contributed by atoms with E-state index in [0.29, 0.717) is 5.92 Å². The molecule has 0 aliphatic carbocycles. The number of aryl methyl sites for hydroxylation is 1. The first kappa shape index (κ1) is 36.7. The molecule has 0 N–H and O–H groups in total. The lowest BCUT2D eigenvalue weighted by atomic mass is 9.86. The Balaban J connectivity index is -0.000000671. The maximum atomic E-state index is 12.5. The lowest BCUT2D eigenvalue weighted by molar-refractivity contribution is -0.151. The van der Waals surface area contributed by atoms with Gasteiger partial charge in [-0.05, 0) is 63.7 Å². The molecule has 1 aromatic rings. The summed E-state index contributed by atoms with van der Waals surface area (Å²) >= 11 is 0. The molecule has 0 spiro atoms. The third-order valence-corrected chi connectivity index (χ3v) is 4.93. The fourth-order valence-corrected chi connectivity index (χ4v) is 3.54. The van der Waals surface area contributed by atoms with Crippen LogP contribution in [0, 0.1) is 5.92 Å². The van der Waals surface area contributed by atoms with Crippen molar-refractivity contribution in [3.05, 3.63) is 47.0 Å². The van der Waals surface area contributed by atoms with Crippen LogP contribution in [-0.2, 0) is 22.4 Å². The molecule has 0 bridgehead atoms. The van der Waals surface area contributed by atoms with Crippen molar-refractivity contribution >= 4 is 11.8 Å². The first-order chi connectivity index (χ1) is 16.1. The predicted octanol–water partition coefficient (Wildman–Crippen LogP) is 9.56. The summed E-state index contributed by atoms with van der Waals surface area (Å²) < 4.78 is 4.80. The van der Waals surface area contributed by atoms with Crippen LogP contribution in [0.1, 0.15) is 137 Å². The van der Waals surface area contributed by atoms with Gasteiger partial charge in [-0.3, -0.25) is 9.59 Å². The summed E-state index contributed by atoms with van der Waals surface area (Å²) in [6.45, 7) is 23.5. The van der Waals surface area contributed by atoms with Crippen molar-refractivity contribution in [2.24, 2.45) is 5.92 Å². The van der Waals surface area contributed by atoms with Crippen molar-refractivity contribution in [3.63, 3.8) is 0 Å². The van der Waals surface area contributed by atoms with Gasteiger partial charge in [-0.1, -0.05) is 105 Å². The van der Waals surface area contributed by atoms with Crippen molar-refractivity contribution in [3.8, 4) is 0 Å². The number of ketones is 1. The lowest BCUT2D eigenvalue weighted by Crippen LogP contribution is -2.21. The Morgan fingerprint density at radius 2 is 1.53 bits per heavy atom. The van der Waals surface area contributed by atoms with Crippen molar-refractivity contribution in [2.45, 2.75) is 134 Å². The van der Waals surface area contributed by atoms with Gasteiger partial charge in [0.05, 0.1) is 0 Å². The Morgan fingerprint density at radius 3 is 1.91 bits per heavy atom. The fraction of sp³-hybridized carbons (Fsp3) is 0.677. The van der Waals surface area contributed by atoms with E-state index in [-0.39, 0.29) is 17.4 Å². The standard InChI is InChI=1S/C21H32O.C6H12O2.2C2H6/c1-5-9-10-13-17(7-3)16-19-15-11-14-18(8-4)21(19)20(22)12-6-2;1-5(7)8-6(2,3)4;2*1-2/h6,11-12,14-15,17H,5,7-10,13,16H2,1-4H3;1-4H3;2*1-2H3/b12-6+;;;. The highest BCUT2D eigenvalue weighted by molar-refractivity contribution is 6.06. The molecule has 3 nitrogen and oxygen atoms in total. The van der Waals surface area contributed by atoms with Crippen LogP contribution in [0.5, 0.6) is 0 Å². The largest absolute Gasteiger partial charge is 0.460 e. The summed E-state index contributed by atoms with van der Waals surface area (Å²) in [5.41, 5.74) is 3.05. The molecule has 198 valence electrons. The number of unbranched alkanes of at least 4 members (excludes halogenated alkanes) is 2. The van der Waals surface area contributed by atoms with Gasteiger partial charge in [-0.2, -0.15) is 0 Å². The highest BCUT2D eigenvalue weighted by Gasteiger charge is 2.16. The predicted molar refractivity (Wildman–Crippen MR) is 151 cm³/mol. The van der Waals surface area contributed by atoms with E-state index >= 15 is 0 Å². The summed E-state index contributed by atoms with van der Waals surface area (Å²) in [6.07, 6.45) is 11.9. The second kappa shape index (κ2) is 22.9. The molecule has 0 saturated carbocycles. The van der Waals surface area contributed by atoms with E-state index < -0.39 is 0 Å². The molecule has 0 radical (unpaired) electrons. The summed E-state index contributed by atoms with van der Waals surface area (Å²) in [6, 6.07) is 6.36. The average molecular weight is 477 g/mol. The Kier molecular flexibility index (Phi) is 24.7. The third-order valence-electron chi connectivity index (χ3n) is 4.93. The van der Waals surface area contributed by atoms with E-state index in [9.17, 15) is 9.59 Å². The number of benzene rings is 1. The summed E-state index contributed by atoms with van der Waals surface area (Å²) in [5, 5.41) is 0. The smallest absolute Gasteiger partial charge is 0.303 e. The van der Waals surface area contributed by atoms with Gasteiger partial charge in [0.25, 0.3) is 0 Å². The van der Waals surface area contributed by atoms with Crippen LogP contribution >= 0.6 is 0 Å². The molecule has 1 atom stereocenters. The van der Waals surface area contributed by atoms with Crippen molar-refractivity contribution in [1.82, 2.24) is 0 Å². The van der Waals surface area contributed by atoms with Crippen LogP contribution < -0.4 is 0 Å². The number of hydrogen-bond acceptors (Lipinski definition) is 3. The molecule has 1 unspecified atom stereocenters. The van der Waals surface area contributed by atoms with Gasteiger partial charge < -0.3 is 4.74 Å². The number of carbonyl (C=O) groups is 2. The molecule has 0 heterocycles. The van der Waals surface area contributed by atoms with E-state index in [1.807, 2.05) is 61.5 Å². The molecule has 0 aliphatic heterocycles. The van der Waals surface area contributed by atoms with Gasteiger partial charge in [0.2, 0.25) is 0 Å². The molecule has 0 fully saturated rings. The zero-order valence-corrected chi connectivity index (χ0v) is 24.6. The molecular formula is C31H56O3. The molecule has 0 amide bonds. The van der Waals surface area contributed by atoms with E-state index in [2.05, 4.69) is 39.0 Å². The highest BCUT2D eigenvalue weighted by Crippen LogP contribution is 2.24. The number of rotatable bonds is 10. The SMILES string of the molecule is C/C=C/C(=O)c1c(CC)cccc1CC(CC)CCCCC.CC.CC.CC(=O)OC(C)(C)C. The van der Waals surface area contributed by atoms with Gasteiger partial charge >= 0.3 is 5.97 Å². The second-order valence-corrected chi connectivity index (χ2v) is 8.85. The molecule has 34 heavy (non-hydrogen) atoms. The average Bonchev–Trinajstić information content (AvgIpc) is 2.79. The maximum absolute atomic E-state index is 12.5. The van der Waals surface area contributed by atoms with Gasteiger partial charge in [0, 0.05) is 12.5 Å². The topological polar surface area (TPSA) is 43.4 Å². The molecule has 1 rings (SSSR count). The van der Waals surface area contributed by atoms with Crippen molar-refractivity contribution in [1.29, 1.82) is 0 Å². The van der Waals surface area contributed by atoms with Crippen LogP contribution in [-0.4, -0.2) is 17.4 Å². The van der Waals surface area contributed by atoms with Gasteiger partial charge in [0.15, 0.2) is 5.78 Å². The zero-order chi connectivity index (χ0) is 27.2. The second-order valence-electron chi connectivity index (χ2n) is 8.85. The Hall–Kier alpha value is -1.90. The number of ether oxygens (including phenoxy) is 1. The first-order valence-corrected chi connectivity index (χ1v) is 13.6. The molecule has 0 saturated heterocycles. The van der Waals surface area contributed by atoms with E-state index in [1.165, 1.54) is 50.2 Å². The van der Waals surface area contributed by atoms with Gasteiger partial charge in [-0.15, -0.1) is 0 Å². The molecule has 1 aromatic carbocycles. The van der Waals surface area contributed by atoms with E-state index in [1.54, 1.807) is 6.08 Å².